The highest BCUT2D eigenvalue weighted by molar-refractivity contribution is 6.17. The zero-order valence-electron chi connectivity index (χ0n) is 22.5. The molecule has 3 heterocycles. The molecule has 0 saturated carbocycles. The lowest BCUT2D eigenvalue weighted by atomic mass is 9.79. The molecular formula is C29H38N6O2. The molecule has 1 atom stereocenters. The van der Waals surface area contributed by atoms with Crippen LogP contribution in [-0.4, -0.2) is 70.7 Å². The van der Waals surface area contributed by atoms with Gasteiger partial charge < -0.3 is 14.4 Å². The van der Waals surface area contributed by atoms with Crippen LogP contribution in [-0.2, 0) is 16.0 Å². The molecule has 1 saturated heterocycles. The number of likely N-dealkylation sites (tertiary alicyclic amines) is 1. The molecule has 196 valence electrons. The molecule has 8 heteroatoms. The summed E-state index contributed by atoms with van der Waals surface area (Å²) >= 11 is 0. The number of fused-ring (bicyclic) bond motifs is 2. The molecule has 3 aliphatic rings. The summed E-state index contributed by atoms with van der Waals surface area (Å²) in [7, 11) is 3.89. The number of methoxy groups -OCH3 is 1. The Bertz CT molecular complexity index is 1240. The predicted molar refractivity (Wildman–Crippen MR) is 145 cm³/mol. The molecule has 0 bridgehead atoms. The standard InChI is InChI=1S/C29H38N6O2/c1-5-7-8-9-15-35-32-29(31-33-35)21-12-10-20(11-13-21)28-23-18-26(36-4)27(37-6-2)17-22(23)24-19-34(3)16-14-25(24)30-28/h10-13,18,25H,5-9,14-17,19H2,1-4H3. The van der Waals surface area contributed by atoms with Gasteiger partial charge in [-0.05, 0) is 49.2 Å². The third-order valence-electron chi connectivity index (χ3n) is 7.39. The highest BCUT2D eigenvalue weighted by Gasteiger charge is 2.35. The average Bonchev–Trinajstić information content (AvgIpc) is 3.40. The summed E-state index contributed by atoms with van der Waals surface area (Å²) in [5.74, 6) is 2.35. The number of tetrazole rings is 1. The molecule has 1 aromatic heterocycles. The number of dihydropyridines is 1. The van der Waals surface area contributed by atoms with Gasteiger partial charge in [-0.1, -0.05) is 50.5 Å². The van der Waals surface area contributed by atoms with Gasteiger partial charge >= 0.3 is 0 Å². The van der Waals surface area contributed by atoms with Crippen LogP contribution in [0.25, 0.3) is 11.4 Å². The van der Waals surface area contributed by atoms with E-state index in [0.717, 1.165) is 72.8 Å². The van der Waals surface area contributed by atoms with Crippen molar-refractivity contribution in [3.05, 3.63) is 64.1 Å². The molecular weight excluding hydrogens is 464 g/mol. The Balaban J connectivity index is 1.43. The summed E-state index contributed by atoms with van der Waals surface area (Å²) < 4.78 is 11.7. The second-order valence-corrected chi connectivity index (χ2v) is 10.0. The number of unbranched alkanes of at least 4 members (excludes halogenated alkanes) is 3. The van der Waals surface area contributed by atoms with Crippen molar-refractivity contribution in [3.63, 3.8) is 0 Å². The zero-order chi connectivity index (χ0) is 25.8. The quantitative estimate of drug-likeness (QED) is 0.428. The van der Waals surface area contributed by atoms with Crippen LogP contribution in [0.3, 0.4) is 0 Å². The Labute approximate surface area is 219 Å². The van der Waals surface area contributed by atoms with Gasteiger partial charge in [0.15, 0.2) is 5.76 Å². The first-order valence-corrected chi connectivity index (χ1v) is 13.6. The van der Waals surface area contributed by atoms with Gasteiger partial charge in [0, 0.05) is 36.2 Å². The lowest BCUT2D eigenvalue weighted by Crippen LogP contribution is -2.39. The van der Waals surface area contributed by atoms with E-state index in [1.807, 2.05) is 6.92 Å². The van der Waals surface area contributed by atoms with E-state index >= 15 is 0 Å². The molecule has 0 N–H and O–H groups in total. The summed E-state index contributed by atoms with van der Waals surface area (Å²) in [6, 6.07) is 8.61. The van der Waals surface area contributed by atoms with Gasteiger partial charge in [-0.2, -0.15) is 4.80 Å². The van der Waals surface area contributed by atoms with Crippen molar-refractivity contribution in [1.82, 2.24) is 25.1 Å². The van der Waals surface area contributed by atoms with Crippen molar-refractivity contribution in [2.75, 3.05) is 33.9 Å². The molecule has 1 unspecified atom stereocenters. The Hall–Kier alpha value is -3.26. The number of benzene rings is 1. The number of allylic oxidation sites excluding steroid dienone is 3. The number of aromatic nitrogens is 4. The van der Waals surface area contributed by atoms with Crippen LogP contribution in [0.2, 0.25) is 0 Å². The van der Waals surface area contributed by atoms with Gasteiger partial charge in [0.25, 0.3) is 0 Å². The van der Waals surface area contributed by atoms with Crippen molar-refractivity contribution in [2.45, 2.75) is 65.0 Å². The monoisotopic (exact) mass is 502 g/mol. The van der Waals surface area contributed by atoms with E-state index in [0.29, 0.717) is 12.4 Å². The van der Waals surface area contributed by atoms with E-state index in [4.69, 9.17) is 14.5 Å². The normalized spacial score (nSPS) is 19.8. The van der Waals surface area contributed by atoms with Gasteiger partial charge in [-0.15, -0.1) is 10.2 Å². The number of aliphatic imine (C=N–C) groups is 1. The molecule has 2 aromatic rings. The molecule has 0 amide bonds. The molecule has 5 rings (SSSR count). The number of ether oxygens (including phenoxy) is 2. The topological polar surface area (TPSA) is 77.7 Å². The minimum Gasteiger partial charge on any atom is -0.494 e. The fourth-order valence-corrected chi connectivity index (χ4v) is 5.41. The maximum atomic E-state index is 5.99. The number of aryl methyl sites for hydroxylation is 1. The molecule has 1 aliphatic carbocycles. The SMILES string of the molecule is CCCCCCn1nnc(-c2ccc(C3=NC4CCN(C)CC4=C4CC(OCC)=C(OC)C=C34)cc2)n1. The molecule has 1 fully saturated rings. The van der Waals surface area contributed by atoms with Crippen LogP contribution in [0.4, 0.5) is 0 Å². The maximum Gasteiger partial charge on any atom is 0.204 e. The largest absolute Gasteiger partial charge is 0.494 e. The molecule has 0 spiro atoms. The number of rotatable bonds is 10. The fourth-order valence-electron chi connectivity index (χ4n) is 5.41. The Morgan fingerprint density at radius 3 is 2.62 bits per heavy atom. The van der Waals surface area contributed by atoms with Crippen LogP contribution in [0.5, 0.6) is 0 Å². The van der Waals surface area contributed by atoms with E-state index in [1.165, 1.54) is 30.4 Å². The minimum absolute atomic E-state index is 0.208. The molecule has 1 aromatic carbocycles. The first-order chi connectivity index (χ1) is 18.1. The second kappa shape index (κ2) is 11.4. The van der Waals surface area contributed by atoms with Crippen LogP contribution < -0.4 is 0 Å². The van der Waals surface area contributed by atoms with Crippen molar-refractivity contribution >= 4 is 5.71 Å². The van der Waals surface area contributed by atoms with E-state index in [2.05, 4.69) is 64.6 Å². The van der Waals surface area contributed by atoms with Crippen LogP contribution in [0.1, 0.15) is 57.9 Å². The highest BCUT2D eigenvalue weighted by Crippen LogP contribution is 2.40. The molecule has 2 aliphatic heterocycles. The van der Waals surface area contributed by atoms with Crippen molar-refractivity contribution in [3.8, 4) is 11.4 Å². The van der Waals surface area contributed by atoms with Gasteiger partial charge in [0.1, 0.15) is 5.76 Å². The maximum absolute atomic E-state index is 5.99. The third kappa shape index (κ3) is 5.39. The summed E-state index contributed by atoms with van der Waals surface area (Å²) in [6.07, 6.45) is 8.62. The van der Waals surface area contributed by atoms with E-state index in [1.54, 1.807) is 11.9 Å². The third-order valence-corrected chi connectivity index (χ3v) is 7.39. The molecule has 8 nitrogen and oxygen atoms in total. The average molecular weight is 503 g/mol. The Morgan fingerprint density at radius 1 is 1.05 bits per heavy atom. The van der Waals surface area contributed by atoms with Gasteiger partial charge in [-0.3, -0.25) is 4.99 Å². The van der Waals surface area contributed by atoms with Crippen molar-refractivity contribution in [2.24, 2.45) is 4.99 Å². The van der Waals surface area contributed by atoms with Crippen LogP contribution in [0, 0.1) is 0 Å². The number of hydrogen-bond acceptors (Lipinski definition) is 7. The van der Waals surface area contributed by atoms with E-state index < -0.39 is 0 Å². The summed E-state index contributed by atoms with van der Waals surface area (Å²) in [4.78, 5) is 9.38. The number of piperidine rings is 1. The van der Waals surface area contributed by atoms with E-state index in [9.17, 15) is 0 Å². The summed E-state index contributed by atoms with van der Waals surface area (Å²) in [6.45, 7) is 7.65. The number of hydrogen-bond donors (Lipinski definition) is 0. The Morgan fingerprint density at radius 2 is 1.86 bits per heavy atom. The number of likely N-dealkylation sites (N-methyl/N-ethyl adjacent to an activating group) is 1. The van der Waals surface area contributed by atoms with Gasteiger partial charge in [0.05, 0.1) is 32.0 Å². The lowest BCUT2D eigenvalue weighted by molar-refractivity contribution is 0.186. The number of nitrogens with zero attached hydrogens (tertiary/aromatic N) is 6. The lowest BCUT2D eigenvalue weighted by Gasteiger charge is -2.37. The summed E-state index contributed by atoms with van der Waals surface area (Å²) in [5, 5.41) is 13.1. The second-order valence-electron chi connectivity index (χ2n) is 10.0. The highest BCUT2D eigenvalue weighted by atomic mass is 16.5. The van der Waals surface area contributed by atoms with Crippen molar-refractivity contribution in [1.29, 1.82) is 0 Å². The van der Waals surface area contributed by atoms with Gasteiger partial charge in [0.2, 0.25) is 5.82 Å². The Kier molecular flexibility index (Phi) is 7.84. The first-order valence-electron chi connectivity index (χ1n) is 13.6. The zero-order valence-corrected chi connectivity index (χ0v) is 22.5. The van der Waals surface area contributed by atoms with Crippen molar-refractivity contribution < 1.29 is 9.47 Å². The van der Waals surface area contributed by atoms with Gasteiger partial charge in [-0.25, -0.2) is 0 Å². The summed E-state index contributed by atoms with van der Waals surface area (Å²) in [5.41, 5.74) is 6.97. The minimum atomic E-state index is 0.208. The van der Waals surface area contributed by atoms with E-state index in [-0.39, 0.29) is 6.04 Å². The van der Waals surface area contributed by atoms with Crippen LogP contribution >= 0.6 is 0 Å². The predicted octanol–water partition coefficient (Wildman–Crippen LogP) is 4.95. The fraction of sp³-hybridized carbons (Fsp3) is 0.517. The first kappa shape index (κ1) is 25.4. The van der Waals surface area contributed by atoms with Crippen LogP contribution in [0.15, 0.2) is 63.6 Å². The smallest absolute Gasteiger partial charge is 0.204 e. The molecule has 37 heavy (non-hydrogen) atoms. The molecule has 0 radical (unpaired) electrons.